The zero-order valence-corrected chi connectivity index (χ0v) is 19.6. The lowest BCUT2D eigenvalue weighted by molar-refractivity contribution is 0.192. The number of hydrogen-bond acceptors (Lipinski definition) is 4. The summed E-state index contributed by atoms with van der Waals surface area (Å²) >= 11 is 5.98. The number of rotatable bonds is 8. The maximum atomic E-state index is 12.7. The van der Waals surface area contributed by atoms with E-state index in [0.29, 0.717) is 35.1 Å². The Morgan fingerprint density at radius 2 is 2.03 bits per heavy atom. The van der Waals surface area contributed by atoms with Gasteiger partial charge in [-0.25, -0.2) is 4.79 Å². The number of amidine groups is 1. The molecule has 1 atom stereocenters. The van der Waals surface area contributed by atoms with E-state index < -0.39 is 16.1 Å². The SMILES string of the molecule is CCC(CNC(=O)Nc1cccc(S(=O)(=O)/N=C2\CCCN2C)c1)Oc1cccc(Cl)c1. The molecule has 0 spiro atoms. The number of amides is 2. The molecule has 8 nitrogen and oxygen atoms in total. The normalized spacial score (nSPS) is 16.1. The number of ether oxygens (including phenoxy) is 1. The molecule has 2 N–H and O–H groups in total. The molecule has 0 aromatic heterocycles. The number of sulfonamides is 1. The first-order valence-corrected chi connectivity index (χ1v) is 12.2. The Morgan fingerprint density at radius 1 is 1.25 bits per heavy atom. The highest BCUT2D eigenvalue weighted by molar-refractivity contribution is 7.90. The van der Waals surface area contributed by atoms with Gasteiger partial charge >= 0.3 is 6.03 Å². The fourth-order valence-electron chi connectivity index (χ4n) is 3.22. The molecule has 0 bridgehead atoms. The zero-order valence-electron chi connectivity index (χ0n) is 18.0. The number of carbonyl (C=O) groups is 1. The number of carbonyl (C=O) groups excluding carboxylic acids is 1. The van der Waals surface area contributed by atoms with Crippen LogP contribution in [-0.2, 0) is 10.0 Å². The first kappa shape index (κ1) is 23.9. The smallest absolute Gasteiger partial charge is 0.319 e. The van der Waals surface area contributed by atoms with Crippen molar-refractivity contribution in [2.24, 2.45) is 4.40 Å². The Kier molecular flexibility index (Phi) is 7.98. The Morgan fingerprint density at radius 3 is 2.72 bits per heavy atom. The van der Waals surface area contributed by atoms with Gasteiger partial charge in [0.25, 0.3) is 10.0 Å². The highest BCUT2D eigenvalue weighted by Crippen LogP contribution is 2.21. The molecule has 1 aliphatic rings. The van der Waals surface area contributed by atoms with Crippen LogP contribution in [0.4, 0.5) is 10.5 Å². The topological polar surface area (TPSA) is 100 Å². The molecule has 1 aliphatic heterocycles. The lowest BCUT2D eigenvalue weighted by Crippen LogP contribution is -2.37. The van der Waals surface area contributed by atoms with Crippen molar-refractivity contribution in [2.45, 2.75) is 37.2 Å². The van der Waals surface area contributed by atoms with Gasteiger partial charge in [0, 0.05) is 30.7 Å². The Labute approximate surface area is 193 Å². The molecule has 10 heteroatoms. The quantitative estimate of drug-likeness (QED) is 0.594. The van der Waals surface area contributed by atoms with E-state index in [1.54, 1.807) is 36.4 Å². The Bertz CT molecular complexity index is 1090. The minimum atomic E-state index is -3.86. The van der Waals surface area contributed by atoms with E-state index in [9.17, 15) is 13.2 Å². The van der Waals surface area contributed by atoms with Crippen LogP contribution in [0.5, 0.6) is 5.75 Å². The van der Waals surface area contributed by atoms with E-state index in [1.807, 2.05) is 18.9 Å². The van der Waals surface area contributed by atoms with Crippen LogP contribution in [0, 0.1) is 0 Å². The van der Waals surface area contributed by atoms with Gasteiger partial charge in [0.15, 0.2) is 0 Å². The van der Waals surface area contributed by atoms with Crippen LogP contribution < -0.4 is 15.4 Å². The molecular weight excluding hydrogens is 452 g/mol. The van der Waals surface area contributed by atoms with Crippen LogP contribution >= 0.6 is 11.6 Å². The van der Waals surface area contributed by atoms with Crippen molar-refractivity contribution in [1.82, 2.24) is 10.2 Å². The van der Waals surface area contributed by atoms with Gasteiger partial charge in [0.1, 0.15) is 17.7 Å². The fourth-order valence-corrected chi connectivity index (χ4v) is 4.54. The van der Waals surface area contributed by atoms with Crippen molar-refractivity contribution >= 4 is 39.2 Å². The van der Waals surface area contributed by atoms with E-state index in [0.717, 1.165) is 13.0 Å². The molecule has 172 valence electrons. The number of anilines is 1. The van der Waals surface area contributed by atoms with Crippen molar-refractivity contribution in [1.29, 1.82) is 0 Å². The van der Waals surface area contributed by atoms with Crippen molar-refractivity contribution < 1.29 is 17.9 Å². The maximum Gasteiger partial charge on any atom is 0.319 e. The van der Waals surface area contributed by atoms with Gasteiger partial charge in [-0.1, -0.05) is 30.7 Å². The molecule has 2 amide bonds. The highest BCUT2D eigenvalue weighted by atomic mass is 35.5. The standard InChI is InChI=1S/C22H27ClN4O4S/c1-3-18(31-19-9-4-7-16(23)13-19)15-24-22(28)25-17-8-5-10-20(14-17)32(29,30)26-21-11-6-12-27(21)2/h4-5,7-10,13-14,18H,3,6,11-12,15H2,1-2H3,(H2,24,25,28)/b26-21+. The van der Waals surface area contributed by atoms with Crippen LogP contribution in [0.15, 0.2) is 57.8 Å². The first-order chi connectivity index (χ1) is 15.3. The summed E-state index contributed by atoms with van der Waals surface area (Å²) in [5.74, 6) is 1.17. The summed E-state index contributed by atoms with van der Waals surface area (Å²) in [5, 5.41) is 5.98. The van der Waals surface area contributed by atoms with Crippen LogP contribution in [0.2, 0.25) is 5.02 Å². The number of benzene rings is 2. The predicted octanol–water partition coefficient (Wildman–Crippen LogP) is 4.13. The average molecular weight is 479 g/mol. The summed E-state index contributed by atoms with van der Waals surface area (Å²) in [6.07, 6.45) is 1.94. The number of halogens is 1. The molecule has 1 heterocycles. The summed E-state index contributed by atoms with van der Waals surface area (Å²) in [4.78, 5) is 14.2. The molecule has 2 aromatic carbocycles. The molecule has 0 radical (unpaired) electrons. The second-order valence-corrected chi connectivity index (χ2v) is 9.52. The molecule has 0 saturated carbocycles. The first-order valence-electron chi connectivity index (χ1n) is 10.4. The minimum Gasteiger partial charge on any atom is -0.489 e. The summed E-state index contributed by atoms with van der Waals surface area (Å²) < 4.78 is 35.1. The maximum absolute atomic E-state index is 12.7. The second kappa shape index (κ2) is 10.7. The summed E-state index contributed by atoms with van der Waals surface area (Å²) in [6, 6.07) is 12.6. The molecule has 0 aliphatic carbocycles. The third-order valence-electron chi connectivity index (χ3n) is 4.99. The Hall–Kier alpha value is -2.78. The minimum absolute atomic E-state index is 0.0267. The third kappa shape index (κ3) is 6.61. The van der Waals surface area contributed by atoms with Crippen molar-refractivity contribution in [3.63, 3.8) is 0 Å². The zero-order chi connectivity index (χ0) is 23.1. The molecule has 2 aromatic rings. The van der Waals surface area contributed by atoms with E-state index in [2.05, 4.69) is 15.0 Å². The van der Waals surface area contributed by atoms with Gasteiger partial charge in [0.2, 0.25) is 0 Å². The second-order valence-electron chi connectivity index (χ2n) is 7.48. The van der Waals surface area contributed by atoms with Crippen LogP contribution in [0.1, 0.15) is 26.2 Å². The fraction of sp³-hybridized carbons (Fsp3) is 0.364. The number of urea groups is 1. The number of nitrogens with one attached hydrogen (secondary N) is 2. The molecule has 3 rings (SSSR count). The number of likely N-dealkylation sites (tertiary alicyclic amines) is 1. The van der Waals surface area contributed by atoms with E-state index >= 15 is 0 Å². The van der Waals surface area contributed by atoms with Crippen LogP contribution in [0.3, 0.4) is 0 Å². The average Bonchev–Trinajstić information content (AvgIpc) is 3.15. The van der Waals surface area contributed by atoms with Gasteiger partial charge in [-0.05, 0) is 49.2 Å². The van der Waals surface area contributed by atoms with Crippen molar-refractivity contribution in [3.05, 3.63) is 53.6 Å². The molecule has 1 saturated heterocycles. The number of nitrogens with zero attached hydrogens (tertiary/aromatic N) is 2. The van der Waals surface area contributed by atoms with E-state index in [-0.39, 0.29) is 17.5 Å². The number of hydrogen-bond donors (Lipinski definition) is 2. The van der Waals surface area contributed by atoms with Gasteiger partial charge in [-0.15, -0.1) is 4.40 Å². The lowest BCUT2D eigenvalue weighted by atomic mass is 10.2. The van der Waals surface area contributed by atoms with Gasteiger partial charge < -0.3 is 20.3 Å². The molecule has 1 fully saturated rings. The lowest BCUT2D eigenvalue weighted by Gasteiger charge is -2.18. The molecular formula is C22H27ClN4O4S. The Balaban J connectivity index is 1.59. The van der Waals surface area contributed by atoms with Crippen LogP contribution in [0.25, 0.3) is 0 Å². The van der Waals surface area contributed by atoms with E-state index in [4.69, 9.17) is 16.3 Å². The van der Waals surface area contributed by atoms with E-state index in [1.165, 1.54) is 12.1 Å². The van der Waals surface area contributed by atoms with Gasteiger partial charge in [-0.2, -0.15) is 8.42 Å². The molecule has 32 heavy (non-hydrogen) atoms. The van der Waals surface area contributed by atoms with Crippen molar-refractivity contribution in [3.8, 4) is 5.75 Å². The predicted molar refractivity (Wildman–Crippen MR) is 126 cm³/mol. The highest BCUT2D eigenvalue weighted by Gasteiger charge is 2.20. The van der Waals surface area contributed by atoms with Crippen LogP contribution in [-0.4, -0.2) is 51.4 Å². The summed E-state index contributed by atoms with van der Waals surface area (Å²) in [7, 11) is -2.04. The van der Waals surface area contributed by atoms with Gasteiger partial charge in [-0.3, -0.25) is 0 Å². The summed E-state index contributed by atoms with van der Waals surface area (Å²) in [6.45, 7) is 3.01. The van der Waals surface area contributed by atoms with Gasteiger partial charge in [0.05, 0.1) is 11.4 Å². The van der Waals surface area contributed by atoms with Crippen molar-refractivity contribution in [2.75, 3.05) is 25.5 Å². The largest absolute Gasteiger partial charge is 0.489 e. The third-order valence-corrected chi connectivity index (χ3v) is 6.53. The monoisotopic (exact) mass is 478 g/mol. The summed E-state index contributed by atoms with van der Waals surface area (Å²) in [5.41, 5.74) is 0.354. The molecule has 1 unspecified atom stereocenters.